The number of carbonyl (C=O) groups excluding carboxylic acids is 2. The van der Waals surface area contributed by atoms with E-state index in [2.05, 4.69) is 5.32 Å². The summed E-state index contributed by atoms with van der Waals surface area (Å²) in [5.41, 5.74) is -3.43. The Kier molecular flexibility index (Phi) is 4.69. The van der Waals surface area contributed by atoms with Crippen molar-refractivity contribution in [3.63, 3.8) is 0 Å². The molecule has 21 heavy (non-hydrogen) atoms. The highest BCUT2D eigenvalue weighted by molar-refractivity contribution is 5.89. The molecule has 10 heteroatoms. The third kappa shape index (κ3) is 4.23. The summed E-state index contributed by atoms with van der Waals surface area (Å²) in [5, 5.41) is 12.6. The maximum absolute atomic E-state index is 12.7. The lowest BCUT2D eigenvalue weighted by Gasteiger charge is -2.30. The van der Waals surface area contributed by atoms with Gasteiger partial charge in [0.2, 0.25) is 11.4 Å². The highest BCUT2D eigenvalue weighted by atomic mass is 19.4. The van der Waals surface area contributed by atoms with Gasteiger partial charge in [-0.3, -0.25) is 4.79 Å². The summed E-state index contributed by atoms with van der Waals surface area (Å²) in [6.07, 6.45) is -3.52. The molecule has 0 aromatic rings. The summed E-state index contributed by atoms with van der Waals surface area (Å²) in [5.74, 6) is -2.75. The minimum Gasteiger partial charge on any atom is -0.479 e. The molecule has 1 aliphatic rings. The Bertz CT molecular complexity index is 450. The number of hydrogen-bond acceptors (Lipinski definition) is 3. The van der Waals surface area contributed by atoms with E-state index in [1.165, 1.54) is 5.32 Å². The van der Waals surface area contributed by atoms with E-state index < -0.39 is 36.2 Å². The number of carboxylic acids is 1. The molecule has 0 aromatic heterocycles. The number of carbonyl (C=O) groups is 3. The minimum atomic E-state index is -5.17. The molecule has 1 aliphatic carbocycles. The number of carboxylic acid groups (broad SMARTS) is 1. The number of rotatable bonds is 5. The molecule has 3 amide bonds. The Hall–Kier alpha value is -2.00. The van der Waals surface area contributed by atoms with E-state index in [-0.39, 0.29) is 6.04 Å². The molecule has 0 aliphatic heterocycles. The molecule has 7 nitrogen and oxygen atoms in total. The van der Waals surface area contributed by atoms with Gasteiger partial charge in [0.1, 0.15) is 6.54 Å². The van der Waals surface area contributed by atoms with Crippen LogP contribution in [-0.2, 0) is 9.59 Å². The third-order valence-electron chi connectivity index (χ3n) is 3.02. The first-order valence-electron chi connectivity index (χ1n) is 6.10. The average molecular weight is 311 g/mol. The Morgan fingerprint density at radius 2 is 1.81 bits per heavy atom. The van der Waals surface area contributed by atoms with Crippen LogP contribution in [0.1, 0.15) is 19.8 Å². The lowest BCUT2D eigenvalue weighted by molar-refractivity contribution is -0.203. The number of urea groups is 1. The molecule has 1 fully saturated rings. The van der Waals surface area contributed by atoms with E-state index >= 15 is 0 Å². The van der Waals surface area contributed by atoms with Gasteiger partial charge in [-0.15, -0.1) is 0 Å². The van der Waals surface area contributed by atoms with Gasteiger partial charge in [-0.2, -0.15) is 13.2 Å². The van der Waals surface area contributed by atoms with Gasteiger partial charge in [-0.25, -0.2) is 9.59 Å². The van der Waals surface area contributed by atoms with E-state index in [0.29, 0.717) is 11.8 Å². The Labute approximate surface area is 118 Å². The van der Waals surface area contributed by atoms with Crippen molar-refractivity contribution in [2.45, 2.75) is 37.5 Å². The number of aliphatic carboxylic acids is 1. The molecule has 0 heterocycles. The van der Waals surface area contributed by atoms with Crippen molar-refractivity contribution < 1.29 is 32.7 Å². The normalized spacial score (nSPS) is 17.6. The van der Waals surface area contributed by atoms with Crippen LogP contribution in [0, 0.1) is 0 Å². The first kappa shape index (κ1) is 17.1. The summed E-state index contributed by atoms with van der Waals surface area (Å²) in [4.78, 5) is 34.5. The van der Waals surface area contributed by atoms with E-state index in [9.17, 15) is 27.6 Å². The minimum absolute atomic E-state index is 0.0495. The van der Waals surface area contributed by atoms with E-state index in [0.717, 1.165) is 19.9 Å². The summed E-state index contributed by atoms with van der Waals surface area (Å²) in [7, 11) is 1.10. The number of nitrogens with one attached hydrogen (secondary N) is 2. The van der Waals surface area contributed by atoms with Gasteiger partial charge in [0.25, 0.3) is 0 Å². The fourth-order valence-electron chi connectivity index (χ4n) is 1.34. The quantitative estimate of drug-likeness (QED) is 0.680. The zero-order chi connectivity index (χ0) is 16.4. The Morgan fingerprint density at radius 3 is 2.19 bits per heavy atom. The van der Waals surface area contributed by atoms with Crippen LogP contribution < -0.4 is 10.6 Å². The molecule has 3 N–H and O–H groups in total. The first-order valence-corrected chi connectivity index (χ1v) is 6.10. The predicted molar refractivity (Wildman–Crippen MR) is 64.4 cm³/mol. The lowest BCUT2D eigenvalue weighted by atomic mass is 10.0. The fraction of sp³-hybridized carbons (Fsp3) is 0.727. The van der Waals surface area contributed by atoms with Crippen LogP contribution in [0.2, 0.25) is 0 Å². The van der Waals surface area contributed by atoms with Crippen LogP contribution in [0.5, 0.6) is 0 Å². The number of amides is 3. The number of halogens is 3. The van der Waals surface area contributed by atoms with Crippen LogP contribution in [-0.4, -0.2) is 59.3 Å². The second kappa shape index (κ2) is 5.78. The van der Waals surface area contributed by atoms with Gasteiger partial charge in [0.15, 0.2) is 0 Å². The summed E-state index contributed by atoms with van der Waals surface area (Å²) < 4.78 is 38.2. The zero-order valence-electron chi connectivity index (χ0n) is 11.5. The van der Waals surface area contributed by atoms with Gasteiger partial charge in [0.05, 0.1) is 0 Å². The van der Waals surface area contributed by atoms with Gasteiger partial charge in [-0.05, 0) is 19.8 Å². The molecular formula is C11H16F3N3O4. The van der Waals surface area contributed by atoms with Gasteiger partial charge < -0.3 is 20.6 Å². The van der Waals surface area contributed by atoms with Crippen LogP contribution in [0.15, 0.2) is 0 Å². The zero-order valence-corrected chi connectivity index (χ0v) is 11.5. The number of alkyl halides is 3. The van der Waals surface area contributed by atoms with Crippen molar-refractivity contribution in [2.75, 3.05) is 13.6 Å². The maximum Gasteiger partial charge on any atom is 0.422 e. The van der Waals surface area contributed by atoms with Crippen LogP contribution in [0.3, 0.4) is 0 Å². The summed E-state index contributed by atoms with van der Waals surface area (Å²) in [6.45, 7) is -0.124. The molecule has 1 rings (SSSR count). The van der Waals surface area contributed by atoms with E-state index in [1.807, 2.05) is 0 Å². The van der Waals surface area contributed by atoms with Crippen LogP contribution >= 0.6 is 0 Å². The van der Waals surface area contributed by atoms with Gasteiger partial charge in [-0.1, -0.05) is 0 Å². The fourth-order valence-corrected chi connectivity index (χ4v) is 1.34. The summed E-state index contributed by atoms with van der Waals surface area (Å²) in [6, 6.07) is -1.25. The highest BCUT2D eigenvalue weighted by Gasteiger charge is 2.58. The van der Waals surface area contributed by atoms with Gasteiger partial charge in [0, 0.05) is 13.1 Å². The maximum atomic E-state index is 12.7. The van der Waals surface area contributed by atoms with Crippen molar-refractivity contribution in [1.29, 1.82) is 0 Å². The second-order valence-corrected chi connectivity index (χ2v) is 5.06. The van der Waals surface area contributed by atoms with Crippen molar-refractivity contribution in [3.05, 3.63) is 0 Å². The van der Waals surface area contributed by atoms with Crippen molar-refractivity contribution in [1.82, 2.24) is 15.5 Å². The molecule has 120 valence electrons. The summed E-state index contributed by atoms with van der Waals surface area (Å²) >= 11 is 0. The SMILES string of the molecule is CN(CC(=O)NC1CC1)C(=O)NC(C)(C(=O)O)C(F)(F)F. The van der Waals surface area contributed by atoms with Crippen molar-refractivity contribution in [2.24, 2.45) is 0 Å². The standard InChI is InChI=1S/C11H16F3N3O4/c1-10(8(19)20,11(12,13)14)16-9(21)17(2)5-7(18)15-6-3-4-6/h6H,3-5H2,1-2H3,(H,15,18)(H,16,21)(H,19,20). The van der Waals surface area contributed by atoms with Crippen LogP contribution in [0.25, 0.3) is 0 Å². The monoisotopic (exact) mass is 311 g/mol. The molecular weight excluding hydrogens is 295 g/mol. The van der Waals surface area contributed by atoms with Gasteiger partial charge >= 0.3 is 18.2 Å². The van der Waals surface area contributed by atoms with Crippen LogP contribution in [0.4, 0.5) is 18.0 Å². The third-order valence-corrected chi connectivity index (χ3v) is 3.02. The number of likely N-dealkylation sites (N-methyl/N-ethyl adjacent to an activating group) is 1. The molecule has 1 atom stereocenters. The topological polar surface area (TPSA) is 98.7 Å². The molecule has 0 saturated heterocycles. The first-order chi connectivity index (χ1) is 9.47. The predicted octanol–water partition coefficient (Wildman–Crippen LogP) is 0.312. The van der Waals surface area contributed by atoms with E-state index in [4.69, 9.17) is 5.11 Å². The highest BCUT2D eigenvalue weighted by Crippen LogP contribution is 2.30. The smallest absolute Gasteiger partial charge is 0.422 e. The average Bonchev–Trinajstić information content (AvgIpc) is 3.10. The molecule has 0 radical (unpaired) electrons. The Morgan fingerprint density at radius 1 is 1.29 bits per heavy atom. The second-order valence-electron chi connectivity index (χ2n) is 5.06. The lowest BCUT2D eigenvalue weighted by Crippen LogP contribution is -2.64. The molecule has 1 unspecified atom stereocenters. The number of nitrogens with zero attached hydrogens (tertiary/aromatic N) is 1. The van der Waals surface area contributed by atoms with E-state index in [1.54, 1.807) is 0 Å². The number of hydrogen-bond donors (Lipinski definition) is 3. The van der Waals surface area contributed by atoms with Crippen molar-refractivity contribution >= 4 is 17.9 Å². The molecule has 0 bridgehead atoms. The molecule has 1 saturated carbocycles. The Balaban J connectivity index is 2.64. The van der Waals surface area contributed by atoms with Crippen molar-refractivity contribution in [3.8, 4) is 0 Å². The largest absolute Gasteiger partial charge is 0.479 e. The molecule has 0 aromatic carbocycles. The molecule has 0 spiro atoms.